The molecule has 138 valence electrons. The zero-order valence-corrected chi connectivity index (χ0v) is 14.8. The Morgan fingerprint density at radius 2 is 2.04 bits per heavy atom. The first-order valence-corrected chi connectivity index (χ1v) is 8.68. The van der Waals surface area contributed by atoms with Gasteiger partial charge in [0.15, 0.2) is 5.92 Å². The number of nitrogens with zero attached hydrogens (tertiary/aromatic N) is 3. The average molecular weight is 379 g/mol. The van der Waals surface area contributed by atoms with Crippen molar-refractivity contribution in [2.45, 2.75) is 0 Å². The van der Waals surface area contributed by atoms with Crippen molar-refractivity contribution in [2.75, 3.05) is 44.3 Å². The Morgan fingerprint density at radius 3 is 2.77 bits per heavy atom. The molecule has 3 rings (SSSR count). The maximum absolute atomic E-state index is 12.6. The zero-order chi connectivity index (χ0) is 18.5. The summed E-state index contributed by atoms with van der Waals surface area (Å²) in [5.74, 6) is -2.46. The molecule has 0 spiro atoms. The number of barbiturate groups is 1. The topological polar surface area (TPSA) is 91.3 Å². The van der Waals surface area contributed by atoms with E-state index in [-0.39, 0.29) is 0 Å². The minimum absolute atomic E-state index is 0.305. The van der Waals surface area contributed by atoms with E-state index in [1.54, 1.807) is 18.2 Å². The molecular formula is C17H19ClN4O4. The fourth-order valence-corrected chi connectivity index (χ4v) is 2.97. The van der Waals surface area contributed by atoms with Crippen LogP contribution in [-0.2, 0) is 14.3 Å². The highest BCUT2D eigenvalue weighted by molar-refractivity contribution is 6.34. The highest BCUT2D eigenvalue weighted by Gasteiger charge is 2.40. The van der Waals surface area contributed by atoms with Gasteiger partial charge in [0, 0.05) is 30.9 Å². The average Bonchev–Trinajstić information content (AvgIpc) is 2.61. The van der Waals surface area contributed by atoms with E-state index >= 15 is 0 Å². The number of nitrogens with one attached hydrogen (secondary N) is 1. The summed E-state index contributed by atoms with van der Waals surface area (Å²) in [6.45, 7) is 4.26. The molecule has 2 saturated heterocycles. The summed E-state index contributed by atoms with van der Waals surface area (Å²) in [4.78, 5) is 44.1. The van der Waals surface area contributed by atoms with E-state index in [1.807, 2.05) is 0 Å². The third-order valence-corrected chi connectivity index (χ3v) is 4.41. The number of anilines is 1. The first kappa shape index (κ1) is 18.5. The van der Waals surface area contributed by atoms with Crippen molar-refractivity contribution < 1.29 is 19.1 Å². The molecule has 1 atom stereocenters. The van der Waals surface area contributed by atoms with E-state index in [9.17, 15) is 14.4 Å². The second-order valence-electron chi connectivity index (χ2n) is 5.93. The number of morpholine rings is 1. The summed E-state index contributed by atoms with van der Waals surface area (Å²) in [7, 11) is 0. The number of ether oxygens (including phenoxy) is 1. The first-order valence-electron chi connectivity index (χ1n) is 8.30. The maximum Gasteiger partial charge on any atom is 0.335 e. The normalized spacial score (nSPS) is 22.1. The van der Waals surface area contributed by atoms with Crippen LogP contribution in [0.1, 0.15) is 0 Å². The van der Waals surface area contributed by atoms with Crippen molar-refractivity contribution in [1.82, 2.24) is 10.2 Å². The van der Waals surface area contributed by atoms with Crippen LogP contribution in [0.4, 0.5) is 10.5 Å². The Balaban J connectivity index is 1.66. The van der Waals surface area contributed by atoms with Crippen molar-refractivity contribution in [1.29, 1.82) is 0 Å². The van der Waals surface area contributed by atoms with Gasteiger partial charge in [-0.15, -0.1) is 0 Å². The minimum atomic E-state index is -1.14. The van der Waals surface area contributed by atoms with Crippen LogP contribution in [0.5, 0.6) is 0 Å². The molecule has 0 bridgehead atoms. The molecule has 1 aromatic rings. The number of imide groups is 2. The van der Waals surface area contributed by atoms with E-state index in [0.29, 0.717) is 30.5 Å². The third kappa shape index (κ3) is 4.27. The number of urea groups is 1. The molecule has 9 heteroatoms. The zero-order valence-electron chi connectivity index (χ0n) is 14.1. The van der Waals surface area contributed by atoms with Crippen LogP contribution >= 0.6 is 11.6 Å². The summed E-state index contributed by atoms with van der Waals surface area (Å²) >= 11 is 5.92. The van der Waals surface area contributed by atoms with Crippen molar-refractivity contribution in [3.05, 3.63) is 29.3 Å². The summed E-state index contributed by atoms with van der Waals surface area (Å²) < 4.78 is 5.28. The van der Waals surface area contributed by atoms with Gasteiger partial charge >= 0.3 is 6.03 Å². The predicted octanol–water partition coefficient (Wildman–Crippen LogP) is 0.942. The van der Waals surface area contributed by atoms with Gasteiger partial charge in [0.2, 0.25) is 5.91 Å². The summed E-state index contributed by atoms with van der Waals surface area (Å²) in [6, 6.07) is 5.53. The van der Waals surface area contributed by atoms with Crippen LogP contribution < -0.4 is 10.2 Å². The molecule has 0 saturated carbocycles. The van der Waals surface area contributed by atoms with Crippen LogP contribution in [0, 0.1) is 5.92 Å². The summed E-state index contributed by atoms with van der Waals surface area (Å²) in [5.41, 5.74) is 0.305. The quantitative estimate of drug-likeness (QED) is 0.608. The van der Waals surface area contributed by atoms with Gasteiger partial charge in [-0.1, -0.05) is 17.7 Å². The number of aliphatic imine (C=N–C) groups is 1. The molecule has 1 aromatic carbocycles. The lowest BCUT2D eigenvalue weighted by atomic mass is 10.1. The number of carbonyl (C=O) groups excluding carboxylic acids is 3. The van der Waals surface area contributed by atoms with E-state index < -0.39 is 23.8 Å². The van der Waals surface area contributed by atoms with E-state index in [0.717, 1.165) is 24.5 Å². The van der Waals surface area contributed by atoms with E-state index in [4.69, 9.17) is 16.3 Å². The lowest BCUT2D eigenvalue weighted by molar-refractivity contribution is -0.131. The maximum atomic E-state index is 12.6. The molecule has 0 aliphatic carbocycles. The van der Waals surface area contributed by atoms with Crippen molar-refractivity contribution >= 4 is 41.3 Å². The van der Waals surface area contributed by atoms with Gasteiger partial charge in [-0.25, -0.2) is 9.69 Å². The van der Waals surface area contributed by atoms with Crippen LogP contribution in [0.15, 0.2) is 29.3 Å². The second kappa shape index (κ2) is 8.39. The molecule has 8 nitrogen and oxygen atoms in total. The van der Waals surface area contributed by atoms with E-state index in [2.05, 4.69) is 15.2 Å². The number of hydrogen-bond donors (Lipinski definition) is 1. The van der Waals surface area contributed by atoms with Crippen LogP contribution in [0.25, 0.3) is 0 Å². The smallest absolute Gasteiger partial charge is 0.335 e. The molecule has 0 aromatic heterocycles. The number of amides is 4. The van der Waals surface area contributed by atoms with Crippen LogP contribution in [-0.4, -0.2) is 68.4 Å². The molecule has 0 radical (unpaired) electrons. The number of benzene rings is 1. The Labute approximate surface area is 155 Å². The van der Waals surface area contributed by atoms with Gasteiger partial charge in [0.1, 0.15) is 0 Å². The Bertz CT molecular complexity index is 733. The molecule has 2 fully saturated rings. The molecule has 2 heterocycles. The molecular weight excluding hydrogens is 360 g/mol. The van der Waals surface area contributed by atoms with Crippen molar-refractivity contribution in [3.8, 4) is 0 Å². The SMILES string of the molecule is O=C1NC(=O)N(c2cccc(Cl)c2)C(=O)[C@H]1C=NCCN1CCOCC1. The van der Waals surface area contributed by atoms with Gasteiger partial charge < -0.3 is 4.74 Å². The van der Waals surface area contributed by atoms with Gasteiger partial charge in [0.25, 0.3) is 5.91 Å². The standard InChI is InChI=1S/C17H19ClN4O4/c18-12-2-1-3-13(10-12)22-16(24)14(15(23)20-17(22)25)11-19-4-5-21-6-8-26-9-7-21/h1-3,10-11,14H,4-9H2,(H,20,23,25)/t14-/m0/s1. The monoisotopic (exact) mass is 378 g/mol. The van der Waals surface area contributed by atoms with Gasteiger partial charge in [-0.3, -0.25) is 24.8 Å². The summed E-state index contributed by atoms with van der Waals surface area (Å²) in [5, 5.41) is 2.57. The molecule has 2 aliphatic rings. The Hall–Kier alpha value is -2.29. The highest BCUT2D eigenvalue weighted by atomic mass is 35.5. The first-order chi connectivity index (χ1) is 12.6. The fourth-order valence-electron chi connectivity index (χ4n) is 2.79. The molecule has 4 amide bonds. The highest BCUT2D eigenvalue weighted by Crippen LogP contribution is 2.23. The van der Waals surface area contributed by atoms with Crippen molar-refractivity contribution in [2.24, 2.45) is 10.9 Å². The third-order valence-electron chi connectivity index (χ3n) is 4.17. The predicted molar refractivity (Wildman–Crippen MR) is 96.6 cm³/mol. The summed E-state index contributed by atoms with van der Waals surface area (Å²) in [6.07, 6.45) is 1.31. The lowest BCUT2D eigenvalue weighted by Crippen LogP contribution is -2.58. The lowest BCUT2D eigenvalue weighted by Gasteiger charge is -2.28. The molecule has 26 heavy (non-hydrogen) atoms. The number of carbonyl (C=O) groups is 3. The molecule has 1 N–H and O–H groups in total. The Morgan fingerprint density at radius 1 is 1.27 bits per heavy atom. The van der Waals surface area contributed by atoms with Crippen LogP contribution in [0.3, 0.4) is 0 Å². The minimum Gasteiger partial charge on any atom is -0.379 e. The molecule has 2 aliphatic heterocycles. The largest absolute Gasteiger partial charge is 0.379 e. The second-order valence-corrected chi connectivity index (χ2v) is 6.37. The van der Waals surface area contributed by atoms with E-state index in [1.165, 1.54) is 12.3 Å². The van der Waals surface area contributed by atoms with Gasteiger partial charge in [0.05, 0.1) is 25.4 Å². The molecule has 0 unspecified atom stereocenters. The van der Waals surface area contributed by atoms with Gasteiger partial charge in [-0.05, 0) is 18.2 Å². The number of halogens is 1. The van der Waals surface area contributed by atoms with Crippen molar-refractivity contribution in [3.63, 3.8) is 0 Å². The fraction of sp³-hybridized carbons (Fsp3) is 0.412. The van der Waals surface area contributed by atoms with Crippen LogP contribution in [0.2, 0.25) is 5.02 Å². The number of hydrogen-bond acceptors (Lipinski definition) is 6. The number of rotatable bonds is 5. The van der Waals surface area contributed by atoms with Gasteiger partial charge in [-0.2, -0.15) is 0 Å². The Kier molecular flexibility index (Phi) is 5.97.